The van der Waals surface area contributed by atoms with Crippen LogP contribution < -0.4 is 4.74 Å². The van der Waals surface area contributed by atoms with Gasteiger partial charge in [-0.2, -0.15) is 0 Å². The number of aromatic nitrogens is 1. The van der Waals surface area contributed by atoms with Crippen molar-refractivity contribution >= 4 is 23.0 Å². The first-order valence-electron chi connectivity index (χ1n) is 9.34. The predicted octanol–water partition coefficient (Wildman–Crippen LogP) is 4.15. The van der Waals surface area contributed by atoms with Gasteiger partial charge in [0.1, 0.15) is 5.75 Å². The van der Waals surface area contributed by atoms with Gasteiger partial charge in [-0.25, -0.2) is 4.98 Å². The average Bonchev–Trinajstić information content (AvgIpc) is 3.13. The Hall–Kier alpha value is -2.67. The van der Waals surface area contributed by atoms with E-state index in [0.717, 1.165) is 10.6 Å². The lowest BCUT2D eigenvalue weighted by molar-refractivity contribution is -0.129. The van der Waals surface area contributed by atoms with Gasteiger partial charge in [0, 0.05) is 6.54 Å². The summed E-state index contributed by atoms with van der Waals surface area (Å²) >= 11 is 1.28. The highest BCUT2D eigenvalue weighted by Gasteiger charge is 2.44. The molecule has 0 saturated carbocycles. The van der Waals surface area contributed by atoms with Crippen LogP contribution in [0.3, 0.4) is 0 Å². The van der Waals surface area contributed by atoms with Gasteiger partial charge in [-0.05, 0) is 44.9 Å². The van der Waals surface area contributed by atoms with E-state index in [2.05, 4.69) is 4.98 Å². The van der Waals surface area contributed by atoms with Crippen LogP contribution in [0, 0.1) is 13.8 Å². The highest BCUT2D eigenvalue weighted by molar-refractivity contribution is 7.14. The second-order valence-corrected chi connectivity index (χ2v) is 7.85. The van der Waals surface area contributed by atoms with Crippen molar-refractivity contribution in [3.05, 3.63) is 56.7 Å². The number of thiazole rings is 1. The van der Waals surface area contributed by atoms with Gasteiger partial charge < -0.3 is 14.7 Å². The van der Waals surface area contributed by atoms with Gasteiger partial charge in [-0.15, -0.1) is 11.3 Å². The van der Waals surface area contributed by atoms with Crippen LogP contribution in [0.4, 0.5) is 0 Å². The molecular weight excluding hydrogens is 376 g/mol. The molecule has 0 radical (unpaired) electrons. The van der Waals surface area contributed by atoms with Crippen molar-refractivity contribution in [3.8, 4) is 5.75 Å². The Morgan fingerprint density at radius 3 is 2.68 bits per heavy atom. The van der Waals surface area contributed by atoms with Gasteiger partial charge in [0.15, 0.2) is 5.76 Å². The second kappa shape index (κ2) is 8.14. The van der Waals surface area contributed by atoms with Crippen molar-refractivity contribution in [3.63, 3.8) is 0 Å². The first-order chi connectivity index (χ1) is 13.4. The Morgan fingerprint density at radius 2 is 2.07 bits per heavy atom. The Labute approximate surface area is 168 Å². The van der Waals surface area contributed by atoms with Gasteiger partial charge in [0.2, 0.25) is 5.78 Å². The zero-order valence-corrected chi connectivity index (χ0v) is 17.3. The topological polar surface area (TPSA) is 79.7 Å². The van der Waals surface area contributed by atoms with Crippen molar-refractivity contribution < 1.29 is 19.4 Å². The van der Waals surface area contributed by atoms with E-state index in [1.165, 1.54) is 11.3 Å². The minimum Gasteiger partial charge on any atom is -0.503 e. The highest BCUT2D eigenvalue weighted by Crippen LogP contribution is 2.40. The summed E-state index contributed by atoms with van der Waals surface area (Å²) < 4.78 is 5.58. The molecule has 1 unspecified atom stereocenters. The number of ether oxygens (including phenoxy) is 1. The van der Waals surface area contributed by atoms with Crippen molar-refractivity contribution in [1.82, 2.24) is 9.88 Å². The Balaban J connectivity index is 2.12. The van der Waals surface area contributed by atoms with E-state index in [4.69, 9.17) is 4.74 Å². The minimum absolute atomic E-state index is 0.110. The van der Waals surface area contributed by atoms with Crippen LogP contribution in [0.15, 0.2) is 35.6 Å². The monoisotopic (exact) mass is 400 g/mol. The quantitative estimate of drug-likeness (QED) is 0.707. The second-order valence-electron chi connectivity index (χ2n) is 6.65. The summed E-state index contributed by atoms with van der Waals surface area (Å²) in [5.41, 5.74) is 1.45. The lowest BCUT2D eigenvalue weighted by atomic mass is 9.95. The number of carbonyl (C=O) groups is 2. The number of aryl methyl sites for hydroxylation is 2. The number of aliphatic hydroxyl groups excluding tert-OH is 1. The number of Topliss-reactive ketones (excluding diaryl/α,β-unsaturated/α-hetero) is 1. The van der Waals surface area contributed by atoms with Crippen LogP contribution >= 0.6 is 11.3 Å². The lowest BCUT2D eigenvalue weighted by Gasteiger charge is -2.26. The summed E-state index contributed by atoms with van der Waals surface area (Å²) in [6, 6.07) is 6.67. The van der Waals surface area contributed by atoms with E-state index in [-0.39, 0.29) is 11.4 Å². The zero-order valence-electron chi connectivity index (χ0n) is 16.5. The zero-order chi connectivity index (χ0) is 20.4. The third kappa shape index (κ3) is 3.54. The highest BCUT2D eigenvalue weighted by atomic mass is 32.1. The van der Waals surface area contributed by atoms with Crippen molar-refractivity contribution in [1.29, 1.82) is 0 Å². The van der Waals surface area contributed by atoms with E-state index in [0.29, 0.717) is 35.9 Å². The molecule has 1 N–H and O–H groups in total. The summed E-state index contributed by atoms with van der Waals surface area (Å²) in [4.78, 5) is 32.4. The molecule has 0 spiro atoms. The van der Waals surface area contributed by atoms with Crippen LogP contribution in [-0.2, 0) is 4.79 Å². The molecular formula is C21H24N2O4S. The summed E-state index contributed by atoms with van der Waals surface area (Å²) in [7, 11) is 0. The van der Waals surface area contributed by atoms with Crippen molar-refractivity contribution in [2.75, 3.05) is 13.2 Å². The van der Waals surface area contributed by atoms with Gasteiger partial charge in [0.25, 0.3) is 5.91 Å². The maximum atomic E-state index is 13.3. The molecule has 1 amide bonds. The van der Waals surface area contributed by atoms with Gasteiger partial charge in [-0.1, -0.05) is 19.1 Å². The number of aliphatic hydroxyl groups is 1. The molecule has 2 aromatic rings. The first kappa shape index (κ1) is 20.1. The Kier molecular flexibility index (Phi) is 5.84. The van der Waals surface area contributed by atoms with Crippen LogP contribution in [0.1, 0.15) is 52.2 Å². The van der Waals surface area contributed by atoms with Crippen molar-refractivity contribution in [2.45, 2.75) is 40.2 Å². The normalized spacial score (nSPS) is 16.8. The summed E-state index contributed by atoms with van der Waals surface area (Å²) in [5, 5.41) is 11.4. The van der Waals surface area contributed by atoms with Crippen LogP contribution in [0.2, 0.25) is 0 Å². The molecule has 0 fully saturated rings. The number of nitrogens with zero attached hydrogens (tertiary/aromatic N) is 2. The molecule has 6 nitrogen and oxygen atoms in total. The Morgan fingerprint density at radius 1 is 1.32 bits per heavy atom. The van der Waals surface area contributed by atoms with Gasteiger partial charge >= 0.3 is 0 Å². The summed E-state index contributed by atoms with van der Waals surface area (Å²) in [5.74, 6) is -0.683. The third-order valence-electron chi connectivity index (χ3n) is 4.61. The minimum atomic E-state index is -0.651. The van der Waals surface area contributed by atoms with E-state index in [9.17, 15) is 14.7 Å². The molecule has 1 aliphatic heterocycles. The standard InChI is InChI=1S/C21H24N2O4S/c1-5-10-23-17(14-8-7-9-15(11-14)27-6-2)16(19(25)21(23)26)18(24)20-12(3)22-13(4)28-20/h7-9,11,17,25H,5-6,10H2,1-4H3. The molecule has 1 aromatic heterocycles. The van der Waals surface area contributed by atoms with E-state index in [1.54, 1.807) is 11.8 Å². The van der Waals surface area contributed by atoms with Gasteiger partial charge in [0.05, 0.1) is 33.8 Å². The molecule has 2 heterocycles. The fourth-order valence-corrected chi connectivity index (χ4v) is 4.38. The number of hydrogen-bond acceptors (Lipinski definition) is 6. The van der Waals surface area contributed by atoms with Crippen LogP contribution in [-0.4, -0.2) is 39.8 Å². The lowest BCUT2D eigenvalue weighted by Crippen LogP contribution is -2.31. The maximum Gasteiger partial charge on any atom is 0.290 e. The molecule has 1 aliphatic rings. The molecule has 7 heteroatoms. The molecule has 0 bridgehead atoms. The van der Waals surface area contributed by atoms with E-state index >= 15 is 0 Å². The largest absolute Gasteiger partial charge is 0.503 e. The van der Waals surface area contributed by atoms with Gasteiger partial charge in [-0.3, -0.25) is 9.59 Å². The summed E-state index contributed by atoms with van der Waals surface area (Å²) in [6.45, 7) is 8.38. The molecule has 1 aromatic carbocycles. The number of ketones is 1. The smallest absolute Gasteiger partial charge is 0.290 e. The number of benzene rings is 1. The van der Waals surface area contributed by atoms with E-state index < -0.39 is 17.7 Å². The maximum absolute atomic E-state index is 13.3. The number of amides is 1. The van der Waals surface area contributed by atoms with Crippen molar-refractivity contribution in [2.24, 2.45) is 0 Å². The van der Waals surface area contributed by atoms with Crippen LogP contribution in [0.5, 0.6) is 5.75 Å². The molecule has 3 rings (SSSR count). The van der Waals surface area contributed by atoms with E-state index in [1.807, 2.05) is 45.0 Å². The number of hydrogen-bond donors (Lipinski definition) is 1. The molecule has 0 aliphatic carbocycles. The fraction of sp³-hybridized carbons (Fsp3) is 0.381. The predicted molar refractivity (Wildman–Crippen MR) is 108 cm³/mol. The molecule has 0 saturated heterocycles. The Bertz CT molecular complexity index is 948. The molecule has 1 atom stereocenters. The number of carbonyl (C=O) groups excluding carboxylic acids is 2. The third-order valence-corrected chi connectivity index (χ3v) is 5.68. The SMILES string of the molecule is CCCN1C(=O)C(O)=C(C(=O)c2sc(C)nc2C)C1c1cccc(OCC)c1. The fourth-order valence-electron chi connectivity index (χ4n) is 3.51. The molecule has 148 valence electrons. The number of rotatable bonds is 7. The molecule has 28 heavy (non-hydrogen) atoms. The average molecular weight is 401 g/mol. The summed E-state index contributed by atoms with van der Waals surface area (Å²) in [6.07, 6.45) is 0.709. The first-order valence-corrected chi connectivity index (χ1v) is 10.2. The van der Waals surface area contributed by atoms with Crippen LogP contribution in [0.25, 0.3) is 0 Å².